The Hall–Kier alpha value is -0.700. The zero-order valence-electron chi connectivity index (χ0n) is 21.6. The third-order valence-electron chi connectivity index (χ3n) is 6.12. The summed E-state index contributed by atoms with van der Waals surface area (Å²) in [6, 6.07) is 0. The number of aliphatic hydroxyl groups excluding tert-OH is 3. The van der Waals surface area contributed by atoms with Gasteiger partial charge in [-0.2, -0.15) is 0 Å². The number of carbonyl (C=O) groups excluding carboxylic acids is 1. The average molecular weight is 451 g/mol. The first-order chi connectivity index (χ1) is 15.3. The Bertz CT molecular complexity index is 755. The van der Waals surface area contributed by atoms with Crippen LogP contribution in [0.15, 0.2) is 23.8 Å². The maximum Gasteiger partial charge on any atom is 0.308 e. The van der Waals surface area contributed by atoms with Gasteiger partial charge in [-0.05, 0) is 43.1 Å². The van der Waals surface area contributed by atoms with E-state index in [0.717, 1.165) is 5.57 Å². The minimum Gasteiger partial charge on any atom is -0.481 e. The summed E-state index contributed by atoms with van der Waals surface area (Å²) in [6.45, 7) is 1.15. The number of carbonyl (C=O) groups is 2. The Labute approximate surface area is 211 Å². The second-order valence-electron chi connectivity index (χ2n) is 8.53. The quantitative estimate of drug-likeness (QED) is 0.297. The molecule has 2 aliphatic rings. The standard InChI is InChI=1S/C23H36O7.Na/c1-4-13(2)23(29)30-20-11-17(25)9-15-6-5-14(3)19(22(15)20)8-7-16(24)10-18(26)12-21(27)28;/h5-6,9,13-14,16-20,22,24-26H,4,7-8,10-12H2,1-3H3,(H,27,28);/t13-,14-,16+,17+,18+,19-,20-,22-;/m0./s1/i2D3;. The normalized spacial score (nSPS) is 32.1. The minimum atomic E-state index is -2.47. The van der Waals surface area contributed by atoms with Crippen LogP contribution in [-0.2, 0) is 14.3 Å². The molecule has 0 unspecified atom stereocenters. The van der Waals surface area contributed by atoms with Crippen molar-refractivity contribution in [2.24, 2.45) is 23.7 Å². The summed E-state index contributed by atoms with van der Waals surface area (Å²) in [5, 5.41) is 39.2. The van der Waals surface area contributed by atoms with Crippen LogP contribution in [0.4, 0.5) is 0 Å². The summed E-state index contributed by atoms with van der Waals surface area (Å²) in [5.41, 5.74) is 0.817. The smallest absolute Gasteiger partial charge is 0.308 e. The van der Waals surface area contributed by atoms with Crippen LogP contribution in [0.25, 0.3) is 0 Å². The maximum absolute atomic E-state index is 12.7. The van der Waals surface area contributed by atoms with Gasteiger partial charge in [0.05, 0.1) is 30.7 Å². The first kappa shape index (κ1) is 23.5. The second kappa shape index (κ2) is 13.1. The zero-order valence-corrected chi connectivity index (χ0v) is 20.6. The molecule has 0 bridgehead atoms. The number of allylic oxidation sites excluding steroid dienone is 2. The van der Waals surface area contributed by atoms with Gasteiger partial charge < -0.3 is 25.2 Å². The van der Waals surface area contributed by atoms with Gasteiger partial charge in [0.15, 0.2) is 0 Å². The summed E-state index contributed by atoms with van der Waals surface area (Å²) >= 11 is 0. The molecule has 0 spiro atoms. The fraction of sp³-hybridized carbons (Fsp3) is 0.739. The van der Waals surface area contributed by atoms with Crippen molar-refractivity contribution in [2.45, 2.75) is 83.6 Å². The number of ether oxygens (including phenoxy) is 1. The first-order valence-corrected chi connectivity index (χ1v) is 10.7. The molecule has 2 aliphatic carbocycles. The van der Waals surface area contributed by atoms with E-state index in [9.17, 15) is 24.9 Å². The number of hydrogen-bond acceptors (Lipinski definition) is 6. The van der Waals surface area contributed by atoms with Crippen LogP contribution >= 0.6 is 0 Å². The number of carboxylic acids is 1. The van der Waals surface area contributed by atoms with E-state index in [1.807, 2.05) is 19.1 Å². The number of aliphatic carboxylic acids is 1. The number of rotatable bonds is 10. The summed E-state index contributed by atoms with van der Waals surface area (Å²) in [5.74, 6) is -3.41. The van der Waals surface area contributed by atoms with E-state index < -0.39 is 55.5 Å². The number of hydrogen-bond donors (Lipinski definition) is 4. The molecule has 7 nitrogen and oxygen atoms in total. The number of fused-ring (bicyclic) bond motifs is 1. The van der Waals surface area contributed by atoms with E-state index in [0.29, 0.717) is 12.8 Å². The Morgan fingerprint density at radius 2 is 2.03 bits per heavy atom. The van der Waals surface area contributed by atoms with Crippen molar-refractivity contribution in [3.8, 4) is 0 Å². The molecule has 0 saturated heterocycles. The second-order valence-corrected chi connectivity index (χ2v) is 8.53. The Morgan fingerprint density at radius 3 is 2.65 bits per heavy atom. The van der Waals surface area contributed by atoms with Gasteiger partial charge >= 0.3 is 11.9 Å². The molecular formula is C23H36NaO7. The Balaban J connectivity index is 0.00000578. The van der Waals surface area contributed by atoms with Gasteiger partial charge in [-0.15, -0.1) is 0 Å². The molecule has 0 aromatic rings. The molecule has 0 aromatic heterocycles. The van der Waals surface area contributed by atoms with Crippen molar-refractivity contribution >= 4 is 41.5 Å². The number of carboxylic acid groups (broad SMARTS) is 1. The fourth-order valence-corrected chi connectivity index (χ4v) is 4.49. The first-order valence-electron chi connectivity index (χ1n) is 12.2. The van der Waals surface area contributed by atoms with Crippen LogP contribution in [0.3, 0.4) is 0 Å². The molecular weight excluding hydrogens is 411 g/mol. The largest absolute Gasteiger partial charge is 0.481 e. The molecule has 31 heavy (non-hydrogen) atoms. The summed E-state index contributed by atoms with van der Waals surface area (Å²) in [4.78, 5) is 23.4. The topological polar surface area (TPSA) is 124 Å². The van der Waals surface area contributed by atoms with Gasteiger partial charge in [-0.25, -0.2) is 0 Å². The molecule has 2 rings (SSSR count). The van der Waals surface area contributed by atoms with Crippen LogP contribution in [0, 0.1) is 23.7 Å². The number of esters is 1. The SMILES string of the molecule is [2H]C([2H])([2H])[C@@H](CC)C(=O)O[C@H]1C[C@H](O)C=C2C=C[C@H](C)[C@H](CC[C@@H](O)C[C@@H](O)CC(=O)O)[C@H]21.[Na]. The van der Waals surface area contributed by atoms with Crippen LogP contribution in [0.1, 0.15) is 63.3 Å². The molecule has 8 atom stereocenters. The van der Waals surface area contributed by atoms with Crippen molar-refractivity contribution in [1.29, 1.82) is 0 Å². The van der Waals surface area contributed by atoms with Crippen LogP contribution in [0.5, 0.6) is 0 Å². The monoisotopic (exact) mass is 450 g/mol. The molecule has 171 valence electrons. The third-order valence-corrected chi connectivity index (χ3v) is 6.12. The molecule has 8 heteroatoms. The third kappa shape index (κ3) is 8.30. The Kier molecular flexibility index (Phi) is 9.92. The number of aliphatic hydroxyl groups is 3. The maximum atomic E-state index is 12.7. The predicted octanol–water partition coefficient (Wildman–Crippen LogP) is 2.06. The summed E-state index contributed by atoms with van der Waals surface area (Å²) in [6.07, 6.45) is 2.69. The van der Waals surface area contributed by atoms with Gasteiger partial charge in [-0.1, -0.05) is 38.9 Å². The summed E-state index contributed by atoms with van der Waals surface area (Å²) < 4.78 is 28.6. The minimum absolute atomic E-state index is 0. The van der Waals surface area contributed by atoms with E-state index in [1.54, 1.807) is 13.0 Å². The predicted molar refractivity (Wildman–Crippen MR) is 117 cm³/mol. The van der Waals surface area contributed by atoms with Crippen LogP contribution in [-0.4, -0.2) is 86.3 Å². The molecule has 0 fully saturated rings. The van der Waals surface area contributed by atoms with E-state index in [1.165, 1.54) is 0 Å². The van der Waals surface area contributed by atoms with Crippen molar-refractivity contribution < 1.29 is 38.9 Å². The molecule has 0 aromatic carbocycles. The van der Waals surface area contributed by atoms with E-state index >= 15 is 0 Å². The molecule has 0 aliphatic heterocycles. The summed E-state index contributed by atoms with van der Waals surface area (Å²) in [7, 11) is 0. The molecule has 0 amide bonds. The zero-order chi connectivity index (χ0) is 24.9. The van der Waals surface area contributed by atoms with Crippen LogP contribution < -0.4 is 0 Å². The van der Waals surface area contributed by atoms with Crippen molar-refractivity contribution in [3.05, 3.63) is 23.8 Å². The molecule has 0 heterocycles. The van der Waals surface area contributed by atoms with Gasteiger partial charge in [0.2, 0.25) is 0 Å². The van der Waals surface area contributed by atoms with Crippen LogP contribution in [0.2, 0.25) is 0 Å². The van der Waals surface area contributed by atoms with Gasteiger partial charge in [0.25, 0.3) is 0 Å². The van der Waals surface area contributed by atoms with Crippen molar-refractivity contribution in [2.75, 3.05) is 0 Å². The fourth-order valence-electron chi connectivity index (χ4n) is 4.49. The van der Waals surface area contributed by atoms with Gasteiger partial charge in [0, 0.05) is 46.0 Å². The van der Waals surface area contributed by atoms with E-state index in [-0.39, 0.29) is 66.6 Å². The molecule has 4 N–H and O–H groups in total. The average Bonchev–Trinajstić information content (AvgIpc) is 2.65. The Morgan fingerprint density at radius 1 is 1.32 bits per heavy atom. The van der Waals surface area contributed by atoms with Crippen molar-refractivity contribution in [1.82, 2.24) is 0 Å². The molecule has 1 radical (unpaired) electrons. The van der Waals surface area contributed by atoms with Gasteiger partial charge in [-0.3, -0.25) is 9.59 Å². The van der Waals surface area contributed by atoms with E-state index in [4.69, 9.17) is 14.0 Å². The van der Waals surface area contributed by atoms with Gasteiger partial charge in [0.1, 0.15) is 6.10 Å². The van der Waals surface area contributed by atoms with Crippen molar-refractivity contribution in [3.63, 3.8) is 0 Å². The molecule has 0 saturated carbocycles. The van der Waals surface area contributed by atoms with E-state index in [2.05, 4.69) is 0 Å².